The first-order valence-electron chi connectivity index (χ1n) is 9.45. The molecule has 0 bridgehead atoms. The molecule has 2 fully saturated rings. The van der Waals surface area contributed by atoms with E-state index >= 15 is 0 Å². The van der Waals surface area contributed by atoms with Crippen molar-refractivity contribution in [3.63, 3.8) is 0 Å². The summed E-state index contributed by atoms with van der Waals surface area (Å²) in [7, 11) is 0. The van der Waals surface area contributed by atoms with Crippen molar-refractivity contribution in [2.45, 2.75) is 76.7 Å². The standard InChI is InChI=1S/C18H33N3O2/c19-12-16(15-9-5-2-6-10-15)21-18(23)13-20-17(22)11-14-7-3-1-4-8-14/h14-16H,1-13,19H2,(H,20,22)(H,21,23). The highest BCUT2D eigenvalue weighted by Crippen LogP contribution is 2.26. The van der Waals surface area contributed by atoms with Crippen molar-refractivity contribution in [3.8, 4) is 0 Å². The maximum Gasteiger partial charge on any atom is 0.239 e. The van der Waals surface area contributed by atoms with Crippen LogP contribution in [0.25, 0.3) is 0 Å². The Kier molecular flexibility index (Phi) is 7.86. The molecule has 5 heteroatoms. The lowest BCUT2D eigenvalue weighted by Gasteiger charge is -2.30. The summed E-state index contributed by atoms with van der Waals surface area (Å²) in [5, 5.41) is 5.79. The average molecular weight is 323 g/mol. The molecular formula is C18H33N3O2. The summed E-state index contributed by atoms with van der Waals surface area (Å²) >= 11 is 0. The van der Waals surface area contributed by atoms with E-state index in [1.54, 1.807) is 0 Å². The molecule has 0 aromatic rings. The first-order chi connectivity index (χ1) is 11.2. The van der Waals surface area contributed by atoms with Crippen molar-refractivity contribution in [3.05, 3.63) is 0 Å². The molecule has 0 spiro atoms. The normalized spacial score (nSPS) is 21.6. The van der Waals surface area contributed by atoms with Crippen LogP contribution in [0, 0.1) is 11.8 Å². The van der Waals surface area contributed by atoms with E-state index in [0.717, 1.165) is 25.7 Å². The topological polar surface area (TPSA) is 84.2 Å². The van der Waals surface area contributed by atoms with Gasteiger partial charge < -0.3 is 16.4 Å². The summed E-state index contributed by atoms with van der Waals surface area (Å²) in [5.41, 5.74) is 5.83. The van der Waals surface area contributed by atoms with Gasteiger partial charge >= 0.3 is 0 Å². The molecule has 23 heavy (non-hydrogen) atoms. The van der Waals surface area contributed by atoms with E-state index < -0.39 is 0 Å². The van der Waals surface area contributed by atoms with Crippen molar-refractivity contribution >= 4 is 11.8 Å². The third kappa shape index (κ3) is 6.50. The molecule has 2 saturated carbocycles. The molecule has 0 radical (unpaired) electrons. The maximum absolute atomic E-state index is 12.1. The number of carbonyl (C=O) groups excluding carboxylic acids is 2. The summed E-state index contributed by atoms with van der Waals surface area (Å²) in [6.45, 7) is 0.557. The fourth-order valence-corrected chi connectivity index (χ4v) is 4.07. The van der Waals surface area contributed by atoms with Gasteiger partial charge in [-0.1, -0.05) is 38.5 Å². The van der Waals surface area contributed by atoms with Gasteiger partial charge in [-0.25, -0.2) is 0 Å². The van der Waals surface area contributed by atoms with E-state index in [1.807, 2.05) is 0 Å². The minimum atomic E-state index is -0.108. The number of amides is 2. The van der Waals surface area contributed by atoms with Crippen LogP contribution in [-0.4, -0.2) is 30.9 Å². The maximum atomic E-state index is 12.1. The van der Waals surface area contributed by atoms with Crippen molar-refractivity contribution < 1.29 is 9.59 Å². The molecule has 1 unspecified atom stereocenters. The highest BCUT2D eigenvalue weighted by atomic mass is 16.2. The Balaban J connectivity index is 1.65. The van der Waals surface area contributed by atoms with Crippen molar-refractivity contribution in [2.24, 2.45) is 17.6 Å². The summed E-state index contributed by atoms with van der Waals surface area (Å²) in [6.07, 6.45) is 12.7. The second-order valence-corrected chi connectivity index (χ2v) is 7.29. The predicted molar refractivity (Wildman–Crippen MR) is 91.8 cm³/mol. The molecule has 1 atom stereocenters. The van der Waals surface area contributed by atoms with Crippen LogP contribution >= 0.6 is 0 Å². The Morgan fingerprint density at radius 2 is 1.52 bits per heavy atom. The van der Waals surface area contributed by atoms with Gasteiger partial charge in [-0.05, 0) is 37.5 Å². The first kappa shape index (κ1) is 18.2. The van der Waals surface area contributed by atoms with E-state index in [0.29, 0.717) is 24.8 Å². The molecule has 2 rings (SSSR count). The lowest BCUT2D eigenvalue weighted by molar-refractivity contribution is -0.127. The predicted octanol–water partition coefficient (Wildman–Crippen LogP) is 2.10. The second-order valence-electron chi connectivity index (χ2n) is 7.29. The van der Waals surface area contributed by atoms with Crippen LogP contribution in [0.1, 0.15) is 70.6 Å². The number of carbonyl (C=O) groups is 2. The molecule has 2 amide bonds. The van der Waals surface area contributed by atoms with Crippen molar-refractivity contribution in [1.29, 1.82) is 0 Å². The molecule has 0 aliphatic heterocycles. The third-order valence-electron chi connectivity index (χ3n) is 5.46. The van der Waals surface area contributed by atoms with Gasteiger partial charge in [0.05, 0.1) is 6.54 Å². The van der Waals surface area contributed by atoms with Gasteiger partial charge in [-0.15, -0.1) is 0 Å². The smallest absolute Gasteiger partial charge is 0.239 e. The monoisotopic (exact) mass is 323 g/mol. The lowest BCUT2D eigenvalue weighted by atomic mass is 9.84. The van der Waals surface area contributed by atoms with Crippen LogP contribution in [0.15, 0.2) is 0 Å². The second kappa shape index (κ2) is 9.91. The van der Waals surface area contributed by atoms with Crippen LogP contribution in [0.3, 0.4) is 0 Å². The van der Waals surface area contributed by atoms with E-state index in [1.165, 1.54) is 38.5 Å². The van der Waals surface area contributed by atoms with Gasteiger partial charge in [0.15, 0.2) is 0 Å². The summed E-state index contributed by atoms with van der Waals surface area (Å²) in [6, 6.07) is 0.0537. The quantitative estimate of drug-likeness (QED) is 0.671. The van der Waals surface area contributed by atoms with E-state index in [-0.39, 0.29) is 24.4 Å². The minimum absolute atomic E-state index is 0.00835. The van der Waals surface area contributed by atoms with Gasteiger partial charge in [0.25, 0.3) is 0 Å². The Labute approximate surface area is 140 Å². The number of nitrogens with one attached hydrogen (secondary N) is 2. The largest absolute Gasteiger partial charge is 0.350 e. The SMILES string of the molecule is NCC(NC(=O)CNC(=O)CC1CCCCC1)C1CCCCC1. The molecule has 2 aliphatic rings. The number of rotatable bonds is 7. The van der Waals surface area contributed by atoms with E-state index in [2.05, 4.69) is 10.6 Å². The highest BCUT2D eigenvalue weighted by molar-refractivity contribution is 5.84. The number of nitrogens with two attached hydrogens (primary N) is 1. The van der Waals surface area contributed by atoms with Crippen LogP contribution in [0.2, 0.25) is 0 Å². The van der Waals surface area contributed by atoms with Crippen LogP contribution in [-0.2, 0) is 9.59 Å². The number of hydrogen-bond acceptors (Lipinski definition) is 3. The van der Waals surface area contributed by atoms with Gasteiger partial charge in [0.2, 0.25) is 11.8 Å². The third-order valence-corrected chi connectivity index (χ3v) is 5.46. The van der Waals surface area contributed by atoms with Crippen molar-refractivity contribution in [1.82, 2.24) is 10.6 Å². The molecule has 0 saturated heterocycles. The molecule has 132 valence electrons. The fraction of sp³-hybridized carbons (Fsp3) is 0.889. The first-order valence-corrected chi connectivity index (χ1v) is 9.45. The molecule has 0 aromatic heterocycles. The Hall–Kier alpha value is -1.10. The van der Waals surface area contributed by atoms with E-state index in [4.69, 9.17) is 5.73 Å². The number of hydrogen-bond donors (Lipinski definition) is 3. The van der Waals surface area contributed by atoms with E-state index in [9.17, 15) is 9.59 Å². The molecule has 4 N–H and O–H groups in total. The van der Waals surface area contributed by atoms with Crippen LogP contribution in [0.4, 0.5) is 0 Å². The zero-order valence-corrected chi connectivity index (χ0v) is 14.3. The van der Waals surface area contributed by atoms with Crippen molar-refractivity contribution in [2.75, 3.05) is 13.1 Å². The van der Waals surface area contributed by atoms with Crippen LogP contribution < -0.4 is 16.4 Å². The Bertz CT molecular complexity index is 374. The average Bonchev–Trinajstić information content (AvgIpc) is 2.59. The lowest BCUT2D eigenvalue weighted by Crippen LogP contribution is -2.49. The van der Waals surface area contributed by atoms with Crippen LogP contribution in [0.5, 0.6) is 0 Å². The summed E-state index contributed by atoms with van der Waals surface area (Å²) in [5.74, 6) is 0.901. The Morgan fingerprint density at radius 1 is 0.913 bits per heavy atom. The van der Waals surface area contributed by atoms with Gasteiger partial charge in [-0.2, -0.15) is 0 Å². The fourth-order valence-electron chi connectivity index (χ4n) is 4.07. The van der Waals surface area contributed by atoms with Gasteiger partial charge in [0.1, 0.15) is 0 Å². The highest BCUT2D eigenvalue weighted by Gasteiger charge is 2.24. The van der Waals surface area contributed by atoms with Gasteiger partial charge in [-0.3, -0.25) is 9.59 Å². The molecule has 5 nitrogen and oxygen atoms in total. The van der Waals surface area contributed by atoms with Gasteiger partial charge in [0, 0.05) is 19.0 Å². The molecular weight excluding hydrogens is 290 g/mol. The summed E-state index contributed by atoms with van der Waals surface area (Å²) in [4.78, 5) is 24.0. The zero-order chi connectivity index (χ0) is 16.5. The summed E-state index contributed by atoms with van der Waals surface area (Å²) < 4.78 is 0. The molecule has 0 heterocycles. The molecule has 2 aliphatic carbocycles. The Morgan fingerprint density at radius 3 is 2.13 bits per heavy atom. The minimum Gasteiger partial charge on any atom is -0.350 e. The zero-order valence-electron chi connectivity index (χ0n) is 14.3. The molecule has 0 aromatic carbocycles.